The maximum absolute atomic E-state index is 12.9. The highest BCUT2D eigenvalue weighted by atomic mass is 35.5. The van der Waals surface area contributed by atoms with Crippen molar-refractivity contribution in [2.45, 2.75) is 19.9 Å². The Balaban J connectivity index is 1.36. The molecular weight excluding hydrogens is 466 g/mol. The number of urea groups is 1. The smallest absolute Gasteiger partial charge is 0.378 e. The third-order valence-corrected chi connectivity index (χ3v) is 6.55. The molecule has 1 unspecified atom stereocenters. The Kier molecular flexibility index (Phi) is 7.13. The number of nitrogens with one attached hydrogen (secondary N) is 1. The predicted molar refractivity (Wildman–Crippen MR) is 122 cm³/mol. The highest BCUT2D eigenvalue weighted by Gasteiger charge is 2.43. The molecule has 0 radical (unpaired) electrons. The van der Waals surface area contributed by atoms with Crippen LogP contribution < -0.4 is 10.2 Å². The first-order valence-corrected chi connectivity index (χ1v) is 11.7. The Morgan fingerprint density at radius 3 is 2.35 bits per heavy atom. The number of piperazine rings is 1. The molecular formula is C22H28ClN5O6. The zero-order valence-corrected chi connectivity index (χ0v) is 19.9. The average molecular weight is 494 g/mol. The molecule has 3 saturated heterocycles. The molecule has 0 saturated carbocycles. The molecule has 3 aliphatic heterocycles. The standard InChI is InChI=1S/C22H28ClN5O6/c1-14(2)18-20(30)28(21(31)24-18)34-22(32)27-8-6-25(7-9-27)16-5-3-4-15(17(16)23)19(29)26-10-12-33-13-11-26/h3-5,14,18H,6-13H2,1-2H3,(H,24,31). The van der Waals surface area contributed by atoms with Gasteiger partial charge < -0.3 is 29.6 Å². The van der Waals surface area contributed by atoms with E-state index in [-0.39, 0.29) is 11.8 Å². The van der Waals surface area contributed by atoms with Gasteiger partial charge in [-0.2, -0.15) is 0 Å². The van der Waals surface area contributed by atoms with E-state index in [0.717, 1.165) is 0 Å². The number of nitrogens with zero attached hydrogens (tertiary/aromatic N) is 4. The molecule has 0 bridgehead atoms. The van der Waals surface area contributed by atoms with Crippen LogP contribution >= 0.6 is 11.6 Å². The zero-order valence-electron chi connectivity index (χ0n) is 19.2. The van der Waals surface area contributed by atoms with E-state index in [4.69, 9.17) is 21.2 Å². The van der Waals surface area contributed by atoms with Gasteiger partial charge in [-0.3, -0.25) is 9.59 Å². The number of imide groups is 1. The molecule has 5 amide bonds. The largest absolute Gasteiger partial charge is 0.434 e. The van der Waals surface area contributed by atoms with Crippen LogP contribution in [0, 0.1) is 5.92 Å². The van der Waals surface area contributed by atoms with Crippen molar-refractivity contribution in [3.8, 4) is 0 Å². The minimum Gasteiger partial charge on any atom is -0.378 e. The molecule has 1 atom stereocenters. The Morgan fingerprint density at radius 2 is 1.74 bits per heavy atom. The number of halogens is 1. The van der Waals surface area contributed by atoms with Crippen molar-refractivity contribution in [2.24, 2.45) is 5.92 Å². The second kappa shape index (κ2) is 10.1. The lowest BCUT2D eigenvalue weighted by Gasteiger charge is -2.36. The molecule has 3 aliphatic rings. The minimum absolute atomic E-state index is 0.126. The Labute approximate surface area is 202 Å². The van der Waals surface area contributed by atoms with E-state index < -0.39 is 24.1 Å². The molecule has 11 nitrogen and oxygen atoms in total. The molecule has 0 aliphatic carbocycles. The van der Waals surface area contributed by atoms with Crippen molar-refractivity contribution < 1.29 is 28.8 Å². The Morgan fingerprint density at radius 1 is 1.06 bits per heavy atom. The van der Waals surface area contributed by atoms with Crippen LogP contribution in [0.4, 0.5) is 15.3 Å². The van der Waals surface area contributed by atoms with Crippen LogP contribution in [-0.4, -0.2) is 97.3 Å². The molecule has 1 aromatic rings. The Bertz CT molecular complexity index is 975. The van der Waals surface area contributed by atoms with E-state index in [0.29, 0.717) is 73.8 Å². The number of anilines is 1. The van der Waals surface area contributed by atoms with Gasteiger partial charge in [-0.1, -0.05) is 36.6 Å². The fraction of sp³-hybridized carbons (Fsp3) is 0.545. The summed E-state index contributed by atoms with van der Waals surface area (Å²) in [5.74, 6) is -0.842. The van der Waals surface area contributed by atoms with Crippen molar-refractivity contribution in [2.75, 3.05) is 57.4 Å². The monoisotopic (exact) mass is 493 g/mol. The Hall–Kier alpha value is -3.05. The van der Waals surface area contributed by atoms with Crippen molar-refractivity contribution in [1.82, 2.24) is 20.2 Å². The van der Waals surface area contributed by atoms with E-state index >= 15 is 0 Å². The molecule has 1 aromatic carbocycles. The number of ether oxygens (including phenoxy) is 1. The summed E-state index contributed by atoms with van der Waals surface area (Å²) in [4.78, 5) is 60.1. The number of hydrogen-bond acceptors (Lipinski definition) is 7. The van der Waals surface area contributed by atoms with E-state index in [1.807, 2.05) is 11.0 Å². The van der Waals surface area contributed by atoms with Gasteiger partial charge in [0.25, 0.3) is 11.8 Å². The van der Waals surface area contributed by atoms with Crippen LogP contribution in [0.25, 0.3) is 0 Å². The molecule has 34 heavy (non-hydrogen) atoms. The van der Waals surface area contributed by atoms with Gasteiger partial charge in [-0.15, -0.1) is 0 Å². The van der Waals surface area contributed by atoms with E-state index in [2.05, 4.69) is 5.32 Å². The fourth-order valence-electron chi connectivity index (χ4n) is 4.15. The third kappa shape index (κ3) is 4.76. The van der Waals surface area contributed by atoms with Crippen LogP contribution in [0.3, 0.4) is 0 Å². The average Bonchev–Trinajstić information content (AvgIpc) is 3.13. The highest BCUT2D eigenvalue weighted by molar-refractivity contribution is 6.36. The van der Waals surface area contributed by atoms with Gasteiger partial charge in [-0.05, 0) is 18.1 Å². The first-order chi connectivity index (χ1) is 16.3. The maximum Gasteiger partial charge on any atom is 0.434 e. The van der Waals surface area contributed by atoms with Gasteiger partial charge in [0.15, 0.2) is 0 Å². The molecule has 0 spiro atoms. The second-order valence-electron chi connectivity index (χ2n) is 8.68. The van der Waals surface area contributed by atoms with Gasteiger partial charge in [0, 0.05) is 39.3 Å². The summed E-state index contributed by atoms with van der Waals surface area (Å²) in [6, 6.07) is 3.87. The first-order valence-electron chi connectivity index (χ1n) is 11.3. The van der Waals surface area contributed by atoms with E-state index in [1.54, 1.807) is 30.9 Å². The molecule has 4 rings (SSSR count). The lowest BCUT2D eigenvalue weighted by molar-refractivity contribution is -0.152. The number of carbonyl (C=O) groups is 4. The van der Waals surface area contributed by atoms with E-state index in [9.17, 15) is 19.2 Å². The molecule has 0 aromatic heterocycles. The van der Waals surface area contributed by atoms with Crippen LogP contribution in [-0.2, 0) is 14.4 Å². The minimum atomic E-state index is -0.769. The molecule has 184 valence electrons. The summed E-state index contributed by atoms with van der Waals surface area (Å²) in [6.45, 7) is 7.13. The number of rotatable bonds is 4. The third-order valence-electron chi connectivity index (χ3n) is 6.15. The quantitative estimate of drug-likeness (QED) is 0.633. The van der Waals surface area contributed by atoms with Crippen LogP contribution in [0.2, 0.25) is 5.02 Å². The van der Waals surface area contributed by atoms with Crippen LogP contribution in [0.5, 0.6) is 0 Å². The number of amides is 5. The number of morpholine rings is 1. The van der Waals surface area contributed by atoms with Gasteiger partial charge in [-0.25, -0.2) is 9.59 Å². The van der Waals surface area contributed by atoms with Gasteiger partial charge in [0.2, 0.25) is 0 Å². The summed E-state index contributed by atoms with van der Waals surface area (Å²) < 4.78 is 5.31. The molecule has 1 N–H and O–H groups in total. The zero-order chi connectivity index (χ0) is 24.4. The predicted octanol–water partition coefficient (Wildman–Crippen LogP) is 1.56. The first kappa shape index (κ1) is 24.1. The van der Waals surface area contributed by atoms with Crippen molar-refractivity contribution in [1.29, 1.82) is 0 Å². The topological polar surface area (TPSA) is 112 Å². The van der Waals surface area contributed by atoms with E-state index in [1.165, 1.54) is 4.90 Å². The summed E-state index contributed by atoms with van der Waals surface area (Å²) in [7, 11) is 0. The van der Waals surface area contributed by atoms with Crippen molar-refractivity contribution >= 4 is 41.2 Å². The fourth-order valence-corrected chi connectivity index (χ4v) is 4.48. The number of carbonyl (C=O) groups excluding carboxylic acids is 4. The number of benzene rings is 1. The lowest BCUT2D eigenvalue weighted by Crippen LogP contribution is -2.51. The van der Waals surface area contributed by atoms with Gasteiger partial charge >= 0.3 is 12.1 Å². The molecule has 3 heterocycles. The normalized spacial score (nSPS) is 21.2. The number of hydrogen-bond donors (Lipinski definition) is 1. The summed E-state index contributed by atoms with van der Waals surface area (Å²) in [5, 5.41) is 3.38. The molecule has 3 fully saturated rings. The summed E-state index contributed by atoms with van der Waals surface area (Å²) >= 11 is 6.63. The van der Waals surface area contributed by atoms with Crippen molar-refractivity contribution in [3.63, 3.8) is 0 Å². The summed E-state index contributed by atoms with van der Waals surface area (Å²) in [5.41, 5.74) is 1.14. The van der Waals surface area contributed by atoms with Crippen molar-refractivity contribution in [3.05, 3.63) is 28.8 Å². The molecule has 12 heteroatoms. The number of hydroxylamine groups is 2. The van der Waals surface area contributed by atoms with Crippen LogP contribution in [0.1, 0.15) is 24.2 Å². The SMILES string of the molecule is CC(C)C1NC(=O)N(OC(=O)N2CCN(c3cccc(C(=O)N4CCOCC4)c3Cl)CC2)C1=O. The van der Waals surface area contributed by atoms with Gasteiger partial charge in [0.1, 0.15) is 6.04 Å². The summed E-state index contributed by atoms with van der Waals surface area (Å²) in [6.07, 6.45) is -0.769. The lowest BCUT2D eigenvalue weighted by atomic mass is 10.1. The highest BCUT2D eigenvalue weighted by Crippen LogP contribution is 2.31. The van der Waals surface area contributed by atoms with Crippen LogP contribution in [0.15, 0.2) is 18.2 Å². The second-order valence-corrected chi connectivity index (χ2v) is 9.06. The van der Waals surface area contributed by atoms with Gasteiger partial charge in [0.05, 0.1) is 29.5 Å². The maximum atomic E-state index is 12.9.